The predicted octanol–water partition coefficient (Wildman–Crippen LogP) is 3.09. The van der Waals surface area contributed by atoms with Crippen molar-refractivity contribution in [1.82, 2.24) is 9.88 Å². The Labute approximate surface area is 147 Å². The maximum Gasteiger partial charge on any atom is 0.258 e. The lowest BCUT2D eigenvalue weighted by Gasteiger charge is -2.21. The number of amides is 1. The number of likely N-dealkylation sites (tertiary alicyclic amines) is 1. The van der Waals surface area contributed by atoms with Crippen molar-refractivity contribution in [3.63, 3.8) is 0 Å². The Balaban J connectivity index is 1.77. The fourth-order valence-corrected chi connectivity index (χ4v) is 3.95. The molecule has 0 bridgehead atoms. The van der Waals surface area contributed by atoms with E-state index in [0.29, 0.717) is 0 Å². The topological polar surface area (TPSA) is 36.1 Å². The summed E-state index contributed by atoms with van der Waals surface area (Å²) in [5, 5.41) is 4.02. The molecular formula is C22H22N2O. The number of hydrogen-bond acceptors (Lipinski definition) is 1. The summed E-state index contributed by atoms with van der Waals surface area (Å²) in [5.41, 5.74) is 3.83. The molecule has 0 spiro atoms. The van der Waals surface area contributed by atoms with Gasteiger partial charge in [-0.05, 0) is 31.9 Å². The van der Waals surface area contributed by atoms with Gasteiger partial charge in [-0.25, -0.2) is 0 Å². The molecule has 4 rings (SSSR count). The second kappa shape index (κ2) is 5.35. The van der Waals surface area contributed by atoms with Crippen LogP contribution in [0.4, 0.5) is 0 Å². The number of carbonyl (C=O) groups is 1. The van der Waals surface area contributed by atoms with Crippen molar-refractivity contribution >= 4 is 29.8 Å². The molecule has 1 aromatic carbocycles. The zero-order valence-electron chi connectivity index (χ0n) is 14.7. The minimum atomic E-state index is 0.0764. The van der Waals surface area contributed by atoms with E-state index in [9.17, 15) is 4.79 Å². The SMILES string of the molecule is C=C1C2=CC(c3ccc4c(=C)[nH]c(=C)c4c3)CC=C2C(=O)N1C(C)C. The highest BCUT2D eigenvalue weighted by molar-refractivity contribution is 6.05. The third-order valence-corrected chi connectivity index (χ3v) is 5.23. The van der Waals surface area contributed by atoms with Gasteiger partial charge in [-0.2, -0.15) is 0 Å². The van der Waals surface area contributed by atoms with Crippen molar-refractivity contribution in [2.75, 3.05) is 0 Å². The standard InChI is InChI=1S/C22H22N2O/c1-12(2)24-15(5)21-11-17(7-9-19(21)22(24)25)16-6-8-18-13(3)23-14(4)20(18)10-16/h6,8-12,17,23H,3-5,7H2,1-2H3. The smallest absolute Gasteiger partial charge is 0.258 e. The Bertz CT molecular complexity index is 1080. The number of benzene rings is 1. The summed E-state index contributed by atoms with van der Waals surface area (Å²) < 4.78 is 0. The highest BCUT2D eigenvalue weighted by Crippen LogP contribution is 2.41. The maximum absolute atomic E-state index is 12.6. The minimum absolute atomic E-state index is 0.0764. The lowest BCUT2D eigenvalue weighted by atomic mass is 9.86. The number of allylic oxidation sites excluding steroid dienone is 3. The predicted molar refractivity (Wildman–Crippen MR) is 103 cm³/mol. The number of nitrogens with one attached hydrogen (secondary N) is 1. The first-order valence-corrected chi connectivity index (χ1v) is 8.63. The van der Waals surface area contributed by atoms with Crippen molar-refractivity contribution in [2.24, 2.45) is 0 Å². The molecule has 126 valence electrons. The molecule has 3 nitrogen and oxygen atoms in total. The highest BCUT2D eigenvalue weighted by Gasteiger charge is 2.37. The van der Waals surface area contributed by atoms with E-state index < -0.39 is 0 Å². The molecule has 2 aliphatic rings. The quantitative estimate of drug-likeness (QED) is 0.902. The van der Waals surface area contributed by atoms with E-state index in [-0.39, 0.29) is 17.9 Å². The largest absolute Gasteiger partial charge is 0.355 e. The number of rotatable bonds is 2. The van der Waals surface area contributed by atoms with E-state index in [1.807, 2.05) is 13.8 Å². The van der Waals surface area contributed by atoms with Crippen molar-refractivity contribution in [2.45, 2.75) is 32.2 Å². The summed E-state index contributed by atoms with van der Waals surface area (Å²) in [7, 11) is 0. The second-order valence-corrected chi connectivity index (χ2v) is 7.14. The number of fused-ring (bicyclic) bond motifs is 2. The van der Waals surface area contributed by atoms with Crippen LogP contribution in [0.2, 0.25) is 0 Å². The third kappa shape index (κ3) is 2.23. The van der Waals surface area contributed by atoms with Gasteiger partial charge in [0.25, 0.3) is 5.91 Å². The zero-order chi connectivity index (χ0) is 17.9. The summed E-state index contributed by atoms with van der Waals surface area (Å²) in [6.45, 7) is 16.3. The lowest BCUT2D eigenvalue weighted by Crippen LogP contribution is -2.30. The normalized spacial score (nSPS) is 20.3. The Morgan fingerprint density at radius 2 is 1.84 bits per heavy atom. The molecule has 1 unspecified atom stereocenters. The van der Waals surface area contributed by atoms with Gasteiger partial charge in [-0.3, -0.25) is 4.79 Å². The van der Waals surface area contributed by atoms with Gasteiger partial charge in [0, 0.05) is 50.3 Å². The monoisotopic (exact) mass is 330 g/mol. The van der Waals surface area contributed by atoms with Gasteiger partial charge in [0.05, 0.1) is 0 Å². The van der Waals surface area contributed by atoms with Crippen LogP contribution in [-0.2, 0) is 4.79 Å². The molecule has 2 aromatic rings. The molecule has 3 heteroatoms. The number of H-pyrrole nitrogens is 1. The Morgan fingerprint density at radius 3 is 2.56 bits per heavy atom. The fraction of sp³-hybridized carbons (Fsp3) is 0.227. The van der Waals surface area contributed by atoms with Crippen LogP contribution >= 0.6 is 0 Å². The summed E-state index contributed by atoms with van der Waals surface area (Å²) in [6.07, 6.45) is 5.08. The fourth-order valence-electron chi connectivity index (χ4n) is 3.95. The molecular weight excluding hydrogens is 308 g/mol. The first kappa shape index (κ1) is 15.7. The van der Waals surface area contributed by atoms with Crippen molar-refractivity contribution in [3.8, 4) is 0 Å². The van der Waals surface area contributed by atoms with Gasteiger partial charge in [0.15, 0.2) is 0 Å². The van der Waals surface area contributed by atoms with Crippen molar-refractivity contribution in [1.29, 1.82) is 0 Å². The third-order valence-electron chi connectivity index (χ3n) is 5.23. The molecule has 0 radical (unpaired) electrons. The summed E-state index contributed by atoms with van der Waals surface area (Å²) >= 11 is 0. The van der Waals surface area contributed by atoms with E-state index in [4.69, 9.17) is 0 Å². The molecule has 1 aromatic heterocycles. The minimum Gasteiger partial charge on any atom is -0.355 e. The highest BCUT2D eigenvalue weighted by atomic mass is 16.2. The number of carbonyl (C=O) groups excluding carboxylic acids is 1. The van der Waals surface area contributed by atoms with Crippen LogP contribution in [-0.4, -0.2) is 21.8 Å². The van der Waals surface area contributed by atoms with Crippen molar-refractivity contribution < 1.29 is 4.79 Å². The Morgan fingerprint density at radius 1 is 1.12 bits per heavy atom. The Hall–Kier alpha value is -2.81. The molecule has 0 saturated carbocycles. The van der Waals surface area contributed by atoms with E-state index in [2.05, 4.69) is 55.1 Å². The van der Waals surface area contributed by atoms with Gasteiger partial charge in [-0.1, -0.05) is 44.0 Å². The van der Waals surface area contributed by atoms with E-state index in [1.54, 1.807) is 4.90 Å². The first-order chi connectivity index (χ1) is 11.9. The molecule has 1 atom stereocenters. The van der Waals surface area contributed by atoms with Crippen LogP contribution in [0, 0.1) is 0 Å². The van der Waals surface area contributed by atoms with Crippen LogP contribution in [0.3, 0.4) is 0 Å². The molecule has 1 aliphatic carbocycles. The molecule has 25 heavy (non-hydrogen) atoms. The average molecular weight is 330 g/mol. The molecule has 1 amide bonds. The number of hydrogen-bond donors (Lipinski definition) is 1. The number of aromatic nitrogens is 1. The first-order valence-electron chi connectivity index (χ1n) is 8.63. The molecule has 1 aliphatic heterocycles. The van der Waals surface area contributed by atoms with E-state index in [1.165, 1.54) is 5.56 Å². The van der Waals surface area contributed by atoms with Gasteiger partial charge < -0.3 is 9.88 Å². The van der Waals surface area contributed by atoms with Crippen LogP contribution in [0.15, 0.2) is 53.8 Å². The Kier molecular flexibility index (Phi) is 3.36. The molecule has 1 fully saturated rings. The van der Waals surface area contributed by atoms with Crippen molar-refractivity contribution in [3.05, 3.63) is 70.0 Å². The number of nitrogens with zero attached hydrogens (tertiary/aromatic N) is 1. The number of aromatic amines is 1. The molecule has 1 N–H and O–H groups in total. The summed E-state index contributed by atoms with van der Waals surface area (Å²) in [6, 6.07) is 6.55. The van der Waals surface area contributed by atoms with Gasteiger partial charge in [-0.15, -0.1) is 0 Å². The van der Waals surface area contributed by atoms with Gasteiger partial charge >= 0.3 is 0 Å². The van der Waals surface area contributed by atoms with Crippen LogP contribution in [0.25, 0.3) is 23.9 Å². The summed E-state index contributed by atoms with van der Waals surface area (Å²) in [5.74, 6) is 0.315. The lowest BCUT2D eigenvalue weighted by molar-refractivity contribution is -0.124. The summed E-state index contributed by atoms with van der Waals surface area (Å²) in [4.78, 5) is 17.6. The molecule has 2 heterocycles. The van der Waals surface area contributed by atoms with E-state index in [0.717, 1.165) is 44.7 Å². The van der Waals surface area contributed by atoms with Gasteiger partial charge in [0.1, 0.15) is 0 Å². The molecule has 1 saturated heterocycles. The maximum atomic E-state index is 12.6. The second-order valence-electron chi connectivity index (χ2n) is 7.14. The van der Waals surface area contributed by atoms with E-state index >= 15 is 0 Å². The average Bonchev–Trinajstić information content (AvgIpc) is 3.01. The zero-order valence-corrected chi connectivity index (χ0v) is 14.7. The van der Waals surface area contributed by atoms with Crippen LogP contribution in [0.5, 0.6) is 0 Å². The van der Waals surface area contributed by atoms with Gasteiger partial charge in [0.2, 0.25) is 0 Å². The van der Waals surface area contributed by atoms with Crippen LogP contribution in [0.1, 0.15) is 31.7 Å². The van der Waals surface area contributed by atoms with Crippen LogP contribution < -0.4 is 10.7 Å².